The van der Waals surface area contributed by atoms with Gasteiger partial charge >= 0.3 is 0 Å². The van der Waals surface area contributed by atoms with Gasteiger partial charge in [0.1, 0.15) is 19.2 Å². The number of anilines is 3. The van der Waals surface area contributed by atoms with Crippen molar-refractivity contribution in [3.8, 4) is 22.3 Å². The molecule has 57 heavy (non-hydrogen) atoms. The summed E-state index contributed by atoms with van der Waals surface area (Å²) in [6.07, 6.45) is 0. The lowest BCUT2D eigenvalue weighted by molar-refractivity contribution is 0.660. The number of hydrogen-bond acceptors (Lipinski definition) is 2. The highest BCUT2D eigenvalue weighted by molar-refractivity contribution is 7.01. The van der Waals surface area contributed by atoms with E-state index < -0.39 is 13.5 Å². The summed E-state index contributed by atoms with van der Waals surface area (Å²) in [5, 5.41) is 5.29. The Morgan fingerprint density at radius 2 is 0.877 bits per heavy atom. The van der Waals surface area contributed by atoms with E-state index in [4.69, 9.17) is 4.42 Å². The molecule has 2 aliphatic carbocycles. The van der Waals surface area contributed by atoms with Crippen LogP contribution in [-0.4, -0.2) is 8.07 Å². The molecule has 8 aromatic carbocycles. The lowest BCUT2D eigenvalue weighted by Gasteiger charge is -2.46. The average molecular weight is 748 g/mol. The first-order chi connectivity index (χ1) is 27.8. The van der Waals surface area contributed by atoms with Gasteiger partial charge in [-0.05, 0) is 115 Å². The summed E-state index contributed by atoms with van der Waals surface area (Å²) in [7, 11) is -2.02. The molecular formula is C54H41NOSi. The van der Waals surface area contributed by atoms with E-state index in [1.54, 1.807) is 0 Å². The summed E-state index contributed by atoms with van der Waals surface area (Å²) in [5.74, 6) is 0. The molecule has 1 spiro atoms. The Bertz CT molecular complexity index is 3110. The Hall–Kier alpha value is -6.42. The van der Waals surface area contributed by atoms with E-state index in [-0.39, 0.29) is 5.41 Å². The number of nitrogens with zero attached hydrogens (tertiary/aromatic N) is 1. The van der Waals surface area contributed by atoms with Crippen molar-refractivity contribution < 1.29 is 4.42 Å². The van der Waals surface area contributed by atoms with Gasteiger partial charge in [0.2, 0.25) is 0 Å². The number of furan rings is 1. The van der Waals surface area contributed by atoms with Crippen LogP contribution in [-0.2, 0) is 10.8 Å². The van der Waals surface area contributed by atoms with Gasteiger partial charge in [0.15, 0.2) is 0 Å². The zero-order valence-electron chi connectivity index (χ0n) is 32.6. The van der Waals surface area contributed by atoms with E-state index in [0.717, 1.165) is 39.0 Å². The largest absolute Gasteiger partial charge is 0.456 e. The van der Waals surface area contributed by atoms with Gasteiger partial charge in [-0.3, -0.25) is 0 Å². The molecule has 0 fully saturated rings. The second-order valence-corrected chi connectivity index (χ2v) is 21.6. The van der Waals surface area contributed by atoms with E-state index in [1.807, 2.05) is 6.07 Å². The van der Waals surface area contributed by atoms with E-state index in [1.165, 1.54) is 66.0 Å². The second-order valence-electron chi connectivity index (χ2n) is 17.3. The van der Waals surface area contributed by atoms with Crippen molar-refractivity contribution in [2.24, 2.45) is 0 Å². The molecular weight excluding hydrogens is 707 g/mol. The van der Waals surface area contributed by atoms with Crippen molar-refractivity contribution in [1.82, 2.24) is 0 Å². The van der Waals surface area contributed by atoms with E-state index >= 15 is 0 Å². The Labute approximate surface area is 334 Å². The minimum Gasteiger partial charge on any atom is -0.456 e. The predicted molar refractivity (Wildman–Crippen MR) is 240 cm³/mol. The zero-order chi connectivity index (χ0) is 38.3. The molecule has 0 saturated heterocycles. The van der Waals surface area contributed by atoms with Crippen molar-refractivity contribution in [2.75, 3.05) is 4.90 Å². The molecule has 272 valence electrons. The molecule has 2 heterocycles. The lowest BCUT2D eigenvalue weighted by atomic mass is 9.67. The van der Waals surface area contributed by atoms with Gasteiger partial charge in [0.25, 0.3) is 0 Å². The number of benzene rings is 8. The third kappa shape index (κ3) is 4.19. The minimum absolute atomic E-state index is 0.131. The number of rotatable bonds is 3. The maximum atomic E-state index is 6.36. The minimum atomic E-state index is -2.02. The van der Waals surface area contributed by atoms with E-state index in [9.17, 15) is 0 Å². The van der Waals surface area contributed by atoms with Gasteiger partial charge in [-0.15, -0.1) is 0 Å². The van der Waals surface area contributed by atoms with Crippen molar-refractivity contribution in [1.29, 1.82) is 0 Å². The summed E-state index contributed by atoms with van der Waals surface area (Å²) >= 11 is 0. The van der Waals surface area contributed by atoms with Gasteiger partial charge in [-0.1, -0.05) is 154 Å². The highest BCUT2D eigenvalue weighted by Crippen LogP contribution is 2.58. The molecule has 3 aliphatic rings. The summed E-state index contributed by atoms with van der Waals surface area (Å²) in [6.45, 7) is 9.80. The lowest BCUT2D eigenvalue weighted by Crippen LogP contribution is -2.63. The maximum Gasteiger partial charge on any atom is 0.135 e. The van der Waals surface area contributed by atoms with Gasteiger partial charge in [-0.2, -0.15) is 0 Å². The first-order valence-electron chi connectivity index (χ1n) is 20.2. The summed E-state index contributed by atoms with van der Waals surface area (Å²) in [6, 6.07) is 66.2. The molecule has 9 aromatic rings. The van der Waals surface area contributed by atoms with Crippen molar-refractivity contribution in [3.63, 3.8) is 0 Å². The van der Waals surface area contributed by atoms with Crippen molar-refractivity contribution in [2.45, 2.75) is 37.8 Å². The Morgan fingerprint density at radius 3 is 1.58 bits per heavy atom. The number of hydrogen-bond donors (Lipinski definition) is 0. The van der Waals surface area contributed by atoms with Gasteiger partial charge in [0.05, 0.1) is 5.41 Å². The molecule has 3 heteroatoms. The summed E-state index contributed by atoms with van der Waals surface area (Å²) in [4.78, 5) is 2.48. The summed E-state index contributed by atoms with van der Waals surface area (Å²) in [5.41, 5.74) is 18.2. The van der Waals surface area contributed by atoms with Crippen LogP contribution in [0.1, 0.15) is 47.2 Å². The Kier molecular flexibility index (Phi) is 6.52. The van der Waals surface area contributed by atoms with E-state index in [2.05, 4.69) is 202 Å². The summed E-state index contributed by atoms with van der Waals surface area (Å²) < 4.78 is 6.36. The third-order valence-electron chi connectivity index (χ3n) is 13.7. The van der Waals surface area contributed by atoms with Crippen LogP contribution in [0.25, 0.3) is 44.2 Å². The van der Waals surface area contributed by atoms with E-state index in [0.29, 0.717) is 0 Å². The van der Waals surface area contributed by atoms with Crippen LogP contribution in [0.2, 0.25) is 13.1 Å². The molecule has 0 amide bonds. The van der Waals surface area contributed by atoms with Crippen LogP contribution >= 0.6 is 0 Å². The smallest absolute Gasteiger partial charge is 0.135 e. The molecule has 1 aliphatic heterocycles. The number of para-hydroxylation sites is 1. The van der Waals surface area contributed by atoms with Gasteiger partial charge in [0, 0.05) is 33.2 Å². The molecule has 0 N–H and O–H groups in total. The Morgan fingerprint density at radius 1 is 0.404 bits per heavy atom. The Balaban J connectivity index is 1.15. The van der Waals surface area contributed by atoms with Crippen LogP contribution < -0.4 is 15.3 Å². The fourth-order valence-electron chi connectivity index (χ4n) is 11.1. The molecule has 0 bridgehead atoms. The third-order valence-corrected chi connectivity index (χ3v) is 17.3. The molecule has 0 unspecified atom stereocenters. The van der Waals surface area contributed by atoms with Gasteiger partial charge < -0.3 is 9.32 Å². The first-order valence-corrected chi connectivity index (χ1v) is 23.2. The first kappa shape index (κ1) is 32.8. The molecule has 1 aromatic heterocycles. The van der Waals surface area contributed by atoms with Crippen LogP contribution in [0.15, 0.2) is 180 Å². The molecule has 0 radical (unpaired) electrons. The van der Waals surface area contributed by atoms with Crippen LogP contribution in [0.3, 0.4) is 0 Å². The fraction of sp³-hybridized carbons (Fsp3) is 0.111. The van der Waals surface area contributed by atoms with Crippen molar-refractivity contribution >= 4 is 57.4 Å². The predicted octanol–water partition coefficient (Wildman–Crippen LogP) is 12.9. The second kappa shape index (κ2) is 11.3. The topological polar surface area (TPSA) is 16.4 Å². The standard InChI is InChI=1S/C54H41NOSi/c1-53(2)43-18-8-5-15-37(43)39-28-25-35(32-47(39)53)55(34-27-30-50-42(31-34)41-17-7-12-22-49(41)56-50)36-26-29-40-38-16-6-9-19-44(38)54(48(40)33-36)45-20-10-13-23-51(45)57(3,4)52-24-14-11-21-46(52)54/h5-33H,1-4H3. The van der Waals surface area contributed by atoms with Crippen molar-refractivity contribution in [3.05, 3.63) is 209 Å². The van der Waals surface area contributed by atoms with Crippen LogP contribution in [0.4, 0.5) is 17.1 Å². The quantitative estimate of drug-likeness (QED) is 0.167. The zero-order valence-corrected chi connectivity index (χ0v) is 33.6. The normalized spacial score (nSPS) is 15.8. The molecule has 0 saturated carbocycles. The van der Waals surface area contributed by atoms with Gasteiger partial charge in [-0.25, -0.2) is 0 Å². The fourth-order valence-corrected chi connectivity index (χ4v) is 14.3. The SMILES string of the molecule is CC1(C)c2ccccc2-c2ccc(N(c3ccc4c(c3)C3(c5ccccc5-4)c4ccccc4[Si](C)(C)c4ccccc43)c3ccc4oc5ccccc5c4c3)cc21. The van der Waals surface area contributed by atoms with Crippen LogP contribution in [0, 0.1) is 0 Å². The maximum absolute atomic E-state index is 6.36. The number of fused-ring (bicyclic) bond motifs is 15. The average Bonchev–Trinajstić information content (AvgIpc) is 3.84. The highest BCUT2D eigenvalue weighted by Gasteiger charge is 2.53. The monoisotopic (exact) mass is 747 g/mol. The molecule has 12 rings (SSSR count). The highest BCUT2D eigenvalue weighted by atomic mass is 28.3. The van der Waals surface area contributed by atoms with Crippen LogP contribution in [0.5, 0.6) is 0 Å². The molecule has 2 nitrogen and oxygen atoms in total. The molecule has 0 atom stereocenters.